The molecule has 0 aromatic heterocycles. The Hall–Kier alpha value is -1.30. The second-order valence-electron chi connectivity index (χ2n) is 18.5. The third-order valence-corrected chi connectivity index (χ3v) is 14.3. The van der Waals surface area contributed by atoms with E-state index in [0.717, 1.165) is 0 Å². The van der Waals surface area contributed by atoms with Crippen molar-refractivity contribution in [1.29, 1.82) is 0 Å². The van der Waals surface area contributed by atoms with Crippen LogP contribution in [0.25, 0.3) is 0 Å². The van der Waals surface area contributed by atoms with Crippen molar-refractivity contribution in [1.82, 2.24) is 0 Å². The normalized spacial score (nSPS) is 51.1. The molecule has 0 spiro atoms. The highest BCUT2D eigenvalue weighted by Gasteiger charge is 2.59. The van der Waals surface area contributed by atoms with E-state index in [1.54, 1.807) is 0 Å². The molecule has 0 aromatic carbocycles. The van der Waals surface area contributed by atoms with Gasteiger partial charge in [0.05, 0.1) is 52.2 Å². The SMILES string of the molecule is CS(=O)(=O)OC[C@H]1O[C@@H]2O[C@H]3[C@H](O)[C@@H](O)[C@@H](O[C@H]4[C@H](O)[C@@H](O)[C@@H](O[C@H]5[C@H](O)[C@@H](O)[C@@H](O[C@H]6[C@H](O)[C@@H](O)[C@@H](O[C@H]7[C@H](O)[C@@H](O)[C@@H](O[C@H]1[C@H](O)[C@H]2O)O[C@@H]7CO)O[C@@H]6CO)O[C@@H]5COS(C)(=O)=O)O[C@@H]4CO)O[C@@H]3CO. The summed E-state index contributed by atoms with van der Waals surface area (Å²) in [6, 6.07) is 0. The lowest BCUT2D eigenvalue weighted by molar-refractivity contribution is -0.403. The van der Waals surface area contributed by atoms with Crippen LogP contribution in [0.1, 0.15) is 0 Å². The predicted octanol–water partition coefficient (Wildman–Crippen LogP) is -13.1. The van der Waals surface area contributed by atoms with Gasteiger partial charge in [0.15, 0.2) is 37.7 Å². The Morgan fingerprint density at radius 1 is 0.284 bits per heavy atom. The first-order chi connectivity index (χ1) is 34.7. The van der Waals surface area contributed by atoms with E-state index in [4.69, 9.17) is 65.2 Å². The van der Waals surface area contributed by atoms with E-state index in [-0.39, 0.29) is 0 Å². The summed E-state index contributed by atoms with van der Waals surface area (Å²) in [5.41, 5.74) is 0. The van der Waals surface area contributed by atoms with E-state index in [2.05, 4.69) is 0 Å². The van der Waals surface area contributed by atoms with E-state index < -0.39 is 244 Å². The minimum absolute atomic E-state index is 0.626. The predicted molar refractivity (Wildman–Crippen MR) is 223 cm³/mol. The van der Waals surface area contributed by atoms with Gasteiger partial charge in [-0.05, 0) is 0 Å². The molecule has 16 N–H and O–H groups in total. The molecule has 22 saturated heterocycles. The molecule has 0 aromatic rings. The summed E-state index contributed by atoms with van der Waals surface area (Å²) in [4.78, 5) is 0. The van der Waals surface area contributed by atoms with Crippen LogP contribution in [0.4, 0.5) is 0 Å². The summed E-state index contributed by atoms with van der Waals surface area (Å²) in [6.45, 7) is -6.44. The fourth-order valence-electron chi connectivity index (χ4n) is 9.28. The molecule has 432 valence electrons. The van der Waals surface area contributed by atoms with E-state index in [9.17, 15) is 98.5 Å². The van der Waals surface area contributed by atoms with Crippen molar-refractivity contribution >= 4 is 20.2 Å². The molecule has 22 heterocycles. The van der Waals surface area contributed by atoms with Crippen LogP contribution in [0.3, 0.4) is 0 Å². The van der Waals surface area contributed by atoms with Crippen LogP contribution in [0.2, 0.25) is 0 Å². The Morgan fingerprint density at radius 2 is 0.446 bits per heavy atom. The van der Waals surface area contributed by atoms with Crippen molar-refractivity contribution in [3.8, 4) is 0 Å². The van der Waals surface area contributed by atoms with Crippen molar-refractivity contribution in [3.05, 3.63) is 0 Å². The summed E-state index contributed by atoms with van der Waals surface area (Å²) in [6.07, 6.45) is -61.2. The molecule has 22 aliphatic heterocycles. The molecule has 12 bridgehead atoms. The number of rotatable bonds is 10. The first-order valence-electron chi connectivity index (χ1n) is 22.9. The van der Waals surface area contributed by atoms with Gasteiger partial charge in [0.1, 0.15) is 146 Å². The van der Waals surface area contributed by atoms with Gasteiger partial charge in [0.25, 0.3) is 20.2 Å². The zero-order valence-corrected chi connectivity index (χ0v) is 40.5. The highest BCUT2D eigenvalue weighted by Crippen LogP contribution is 2.38. The summed E-state index contributed by atoms with van der Waals surface area (Å²) < 4.78 is 127. The molecule has 74 heavy (non-hydrogen) atoms. The smallest absolute Gasteiger partial charge is 0.264 e. The molecule has 22 fully saturated rings. The zero-order chi connectivity index (χ0) is 54.5. The van der Waals surface area contributed by atoms with Crippen LogP contribution in [0.15, 0.2) is 0 Å². The van der Waals surface area contributed by atoms with Crippen molar-refractivity contribution in [2.75, 3.05) is 52.2 Å². The first kappa shape index (κ1) is 60.3. The maximum atomic E-state index is 12.1. The lowest BCUT2D eigenvalue weighted by atomic mass is 9.94. The van der Waals surface area contributed by atoms with Crippen LogP contribution in [-0.2, 0) is 85.4 Å². The van der Waals surface area contributed by atoms with E-state index in [1.165, 1.54) is 0 Å². The fraction of sp³-hybridized carbons (Fsp3) is 1.00. The van der Waals surface area contributed by atoms with E-state index >= 15 is 0 Å². The number of aliphatic hydroxyl groups excluding tert-OH is 16. The minimum Gasteiger partial charge on any atom is -0.394 e. The standard InChI is InChI=1S/C38H64O34S2/c1-73(55,56)59-7-13-31-19(47)25(53)37(65-13)69-29-11(5-41)61-33(21(49)15(29)43)68-28-10(4-40)64-36(24(52)18(28)46)72-32-14(8-60-74(2,57)58)66-38(26(54)20(32)48)70-30-12(6-42)62-34(22(50)16(30)44)67-27-9(3-39)63-35(71-31)23(51)17(27)45/h9-54H,3-8H2,1-2H3/t9-,10-,11-,12-,13-,14-,15-,16-,17-,18-,19-,20-,21-,22-,23-,24-,25-,26-,27-,28-,29-,30-,31-,32-,33-,34-,35-,36-,37-,38-/m1/s1. The van der Waals surface area contributed by atoms with Crippen LogP contribution in [0, 0.1) is 0 Å². The van der Waals surface area contributed by atoms with Gasteiger partial charge in [-0.15, -0.1) is 0 Å². The number of hydrogen-bond acceptors (Lipinski definition) is 34. The maximum Gasteiger partial charge on any atom is 0.264 e. The summed E-state index contributed by atoms with van der Waals surface area (Å²) >= 11 is 0. The lowest BCUT2D eigenvalue weighted by Gasteiger charge is -2.50. The second kappa shape index (κ2) is 24.6. The Labute approximate surface area is 419 Å². The van der Waals surface area contributed by atoms with Crippen LogP contribution < -0.4 is 0 Å². The molecular weight excluding hydrogens is 1060 g/mol. The lowest BCUT2D eigenvalue weighted by Crippen LogP contribution is -2.69. The third kappa shape index (κ3) is 13.0. The molecule has 22 aliphatic rings. The molecular formula is C38H64O34S2. The Morgan fingerprint density at radius 3 is 0.608 bits per heavy atom. The van der Waals surface area contributed by atoms with Gasteiger partial charge in [0, 0.05) is 0 Å². The average molecular weight is 1130 g/mol. The topological polar surface area (TPSA) is 521 Å². The molecule has 36 heteroatoms. The molecule has 0 radical (unpaired) electrons. The number of ether oxygens (including phenoxy) is 12. The molecule has 22 rings (SSSR count). The van der Waals surface area contributed by atoms with E-state index in [1.807, 2.05) is 0 Å². The molecule has 0 aliphatic carbocycles. The van der Waals surface area contributed by atoms with Gasteiger partial charge in [-0.1, -0.05) is 0 Å². The largest absolute Gasteiger partial charge is 0.394 e. The molecule has 0 amide bonds. The summed E-state index contributed by atoms with van der Waals surface area (Å²) in [7, 11) is -8.66. The quantitative estimate of drug-likeness (QED) is 0.0903. The first-order valence-corrected chi connectivity index (χ1v) is 26.5. The van der Waals surface area contributed by atoms with Gasteiger partial charge in [-0.25, -0.2) is 0 Å². The molecule has 0 saturated carbocycles. The summed E-state index contributed by atoms with van der Waals surface area (Å²) in [5.74, 6) is 0. The average Bonchev–Trinajstić information content (AvgIpc) is 3.34. The van der Waals surface area contributed by atoms with Crippen molar-refractivity contribution in [3.63, 3.8) is 0 Å². The summed E-state index contributed by atoms with van der Waals surface area (Å²) in [5, 5.41) is 178. The van der Waals surface area contributed by atoms with Crippen LogP contribution in [-0.4, -0.2) is 335 Å². The highest BCUT2D eigenvalue weighted by molar-refractivity contribution is 7.86. The van der Waals surface area contributed by atoms with Crippen LogP contribution >= 0.6 is 0 Å². The monoisotopic (exact) mass is 1130 g/mol. The van der Waals surface area contributed by atoms with Crippen LogP contribution in [0.5, 0.6) is 0 Å². The Kier molecular flexibility index (Phi) is 20.1. The highest BCUT2D eigenvalue weighted by atomic mass is 32.2. The fourth-order valence-corrected chi connectivity index (χ4v) is 10.0. The Bertz CT molecular complexity index is 1880. The minimum atomic E-state index is -4.33. The number of hydrogen-bond donors (Lipinski definition) is 16. The maximum absolute atomic E-state index is 12.1. The van der Waals surface area contributed by atoms with E-state index in [0.29, 0.717) is 12.5 Å². The number of aliphatic hydroxyl groups is 16. The van der Waals surface area contributed by atoms with Crippen molar-refractivity contribution < 1.29 is 164 Å². The molecule has 34 nitrogen and oxygen atoms in total. The second-order valence-corrected chi connectivity index (χ2v) is 21.7. The van der Waals surface area contributed by atoms with Gasteiger partial charge in [-0.3, -0.25) is 8.37 Å². The van der Waals surface area contributed by atoms with Crippen molar-refractivity contribution in [2.24, 2.45) is 0 Å². The van der Waals surface area contributed by atoms with Gasteiger partial charge in [-0.2, -0.15) is 16.8 Å². The van der Waals surface area contributed by atoms with Gasteiger partial charge in [0.2, 0.25) is 0 Å². The Balaban J connectivity index is 1.23. The van der Waals surface area contributed by atoms with Gasteiger partial charge < -0.3 is 139 Å². The third-order valence-electron chi connectivity index (χ3n) is 13.2. The van der Waals surface area contributed by atoms with Gasteiger partial charge >= 0.3 is 0 Å². The molecule has 30 atom stereocenters. The van der Waals surface area contributed by atoms with Crippen molar-refractivity contribution in [2.45, 2.75) is 184 Å². The zero-order valence-electron chi connectivity index (χ0n) is 38.9. The molecule has 0 unspecified atom stereocenters.